The normalized spacial score (nSPS) is 25.0. The lowest BCUT2D eigenvalue weighted by atomic mass is 9.86. The van der Waals surface area contributed by atoms with Gasteiger partial charge in [0.2, 0.25) is 5.91 Å². The SMILES string of the molecule is CC1CCC(NC(=O)C2(C)Cn3c(ccc3-c3ccccc3)C(=O)N2Cc2cccs2)CC1. The first-order valence-electron chi connectivity index (χ1n) is 11.9. The van der Waals surface area contributed by atoms with Crippen LogP contribution in [0.2, 0.25) is 0 Å². The summed E-state index contributed by atoms with van der Waals surface area (Å²) in [7, 11) is 0. The van der Waals surface area contributed by atoms with Crippen molar-refractivity contribution in [2.24, 2.45) is 5.92 Å². The second-order valence-electron chi connectivity index (χ2n) is 9.73. The van der Waals surface area contributed by atoms with Gasteiger partial charge in [0.1, 0.15) is 11.2 Å². The number of aromatic nitrogens is 1. The maximum Gasteiger partial charge on any atom is 0.271 e. The zero-order valence-electron chi connectivity index (χ0n) is 19.3. The molecule has 5 nitrogen and oxygen atoms in total. The molecule has 0 bridgehead atoms. The van der Waals surface area contributed by atoms with Crippen molar-refractivity contribution < 1.29 is 9.59 Å². The van der Waals surface area contributed by atoms with Crippen LogP contribution in [0, 0.1) is 5.92 Å². The first kappa shape index (κ1) is 22.0. The fourth-order valence-electron chi connectivity index (χ4n) is 5.19. The van der Waals surface area contributed by atoms with Crippen LogP contribution in [-0.4, -0.2) is 32.9 Å². The molecule has 1 aliphatic heterocycles. The van der Waals surface area contributed by atoms with Gasteiger partial charge in [0.05, 0.1) is 13.1 Å². The minimum absolute atomic E-state index is 0.0506. The van der Waals surface area contributed by atoms with E-state index in [9.17, 15) is 9.59 Å². The maximum absolute atomic E-state index is 13.8. The number of carbonyl (C=O) groups excluding carboxylic acids is 2. The Hall–Kier alpha value is -2.86. The topological polar surface area (TPSA) is 54.3 Å². The van der Waals surface area contributed by atoms with E-state index < -0.39 is 5.54 Å². The Morgan fingerprint density at radius 1 is 1.03 bits per heavy atom. The number of nitrogens with one attached hydrogen (secondary N) is 1. The van der Waals surface area contributed by atoms with Crippen molar-refractivity contribution >= 4 is 23.2 Å². The monoisotopic (exact) mass is 461 g/mol. The summed E-state index contributed by atoms with van der Waals surface area (Å²) in [5.41, 5.74) is 1.69. The van der Waals surface area contributed by atoms with Gasteiger partial charge in [-0.3, -0.25) is 9.59 Å². The smallest absolute Gasteiger partial charge is 0.271 e. The van der Waals surface area contributed by atoms with E-state index in [1.807, 2.05) is 71.5 Å². The largest absolute Gasteiger partial charge is 0.351 e. The molecule has 33 heavy (non-hydrogen) atoms. The highest BCUT2D eigenvalue weighted by Gasteiger charge is 2.48. The summed E-state index contributed by atoms with van der Waals surface area (Å²) >= 11 is 1.62. The second-order valence-corrected chi connectivity index (χ2v) is 10.8. The van der Waals surface area contributed by atoms with Crippen molar-refractivity contribution in [2.45, 2.75) is 64.2 Å². The number of rotatable bonds is 5. The average Bonchev–Trinajstić information content (AvgIpc) is 3.49. The zero-order chi connectivity index (χ0) is 23.0. The van der Waals surface area contributed by atoms with Gasteiger partial charge in [-0.25, -0.2) is 0 Å². The Bertz CT molecular complexity index is 1130. The fourth-order valence-corrected chi connectivity index (χ4v) is 5.88. The summed E-state index contributed by atoms with van der Waals surface area (Å²) in [4.78, 5) is 30.5. The van der Waals surface area contributed by atoms with Gasteiger partial charge in [-0.2, -0.15) is 0 Å². The second kappa shape index (κ2) is 8.82. The molecule has 172 valence electrons. The number of hydrogen-bond donors (Lipinski definition) is 1. The lowest BCUT2D eigenvalue weighted by molar-refractivity contribution is -0.134. The molecular formula is C27H31N3O2S. The predicted octanol–water partition coefficient (Wildman–Crippen LogP) is 5.33. The van der Waals surface area contributed by atoms with Gasteiger partial charge in [-0.1, -0.05) is 43.3 Å². The summed E-state index contributed by atoms with van der Waals surface area (Å²) in [6, 6.07) is 18.2. The van der Waals surface area contributed by atoms with Gasteiger partial charge < -0.3 is 14.8 Å². The van der Waals surface area contributed by atoms with Crippen LogP contribution in [-0.2, 0) is 17.9 Å². The maximum atomic E-state index is 13.8. The first-order chi connectivity index (χ1) is 16.0. The minimum Gasteiger partial charge on any atom is -0.351 e. The molecule has 1 fully saturated rings. The van der Waals surface area contributed by atoms with E-state index >= 15 is 0 Å². The lowest BCUT2D eigenvalue weighted by Gasteiger charge is -2.45. The van der Waals surface area contributed by atoms with E-state index in [1.165, 1.54) is 0 Å². The van der Waals surface area contributed by atoms with Crippen molar-refractivity contribution in [1.29, 1.82) is 0 Å². The van der Waals surface area contributed by atoms with Gasteiger partial charge in [-0.05, 0) is 67.7 Å². The number of carbonyl (C=O) groups is 2. The van der Waals surface area contributed by atoms with Crippen LogP contribution >= 0.6 is 11.3 Å². The third kappa shape index (κ3) is 4.12. The summed E-state index contributed by atoms with van der Waals surface area (Å²) in [5.74, 6) is 0.577. The van der Waals surface area contributed by atoms with E-state index in [-0.39, 0.29) is 17.9 Å². The molecular weight excluding hydrogens is 430 g/mol. The van der Waals surface area contributed by atoms with Crippen LogP contribution in [0.25, 0.3) is 11.3 Å². The van der Waals surface area contributed by atoms with Crippen LogP contribution < -0.4 is 5.32 Å². The van der Waals surface area contributed by atoms with E-state index in [0.29, 0.717) is 18.8 Å². The average molecular weight is 462 g/mol. The van der Waals surface area contributed by atoms with Gasteiger partial charge in [0, 0.05) is 16.6 Å². The standard InChI is InChI=1S/C27H31N3O2S/c1-19-10-12-21(13-11-19)28-26(32)27(2)18-29-23(20-7-4-3-5-8-20)14-15-24(29)25(31)30(27)17-22-9-6-16-33-22/h3-9,14-16,19,21H,10-13,17-18H2,1-2H3,(H,28,32). The highest BCUT2D eigenvalue weighted by Crippen LogP contribution is 2.35. The van der Waals surface area contributed by atoms with E-state index in [2.05, 4.69) is 12.2 Å². The Balaban J connectivity index is 1.50. The quantitative estimate of drug-likeness (QED) is 0.559. The number of benzene rings is 1. The Morgan fingerprint density at radius 2 is 1.76 bits per heavy atom. The third-order valence-electron chi connectivity index (χ3n) is 7.31. The van der Waals surface area contributed by atoms with Crippen molar-refractivity contribution in [3.8, 4) is 11.3 Å². The molecule has 6 heteroatoms. The number of thiophene rings is 1. The van der Waals surface area contributed by atoms with Crippen LogP contribution in [0.15, 0.2) is 60.0 Å². The van der Waals surface area contributed by atoms with E-state index in [4.69, 9.17) is 0 Å². The Labute approximate surface area is 199 Å². The zero-order valence-corrected chi connectivity index (χ0v) is 20.1. The van der Waals surface area contributed by atoms with Crippen LogP contribution in [0.3, 0.4) is 0 Å². The molecule has 0 radical (unpaired) electrons. The molecule has 1 saturated carbocycles. The van der Waals surface area contributed by atoms with E-state index in [1.54, 1.807) is 16.2 Å². The van der Waals surface area contributed by atoms with Gasteiger partial charge in [0.25, 0.3) is 5.91 Å². The Kier molecular flexibility index (Phi) is 5.87. The fraction of sp³-hybridized carbons (Fsp3) is 0.407. The molecule has 2 aliphatic rings. The van der Waals surface area contributed by atoms with Crippen molar-refractivity contribution in [2.75, 3.05) is 0 Å². The summed E-state index contributed by atoms with van der Waals surface area (Å²) in [6.45, 7) is 5.08. The predicted molar refractivity (Wildman–Crippen MR) is 132 cm³/mol. The first-order valence-corrected chi connectivity index (χ1v) is 12.7. The molecule has 3 heterocycles. The molecule has 1 atom stereocenters. The number of fused-ring (bicyclic) bond motifs is 1. The highest BCUT2D eigenvalue weighted by atomic mass is 32.1. The molecule has 1 N–H and O–H groups in total. The van der Waals surface area contributed by atoms with Gasteiger partial charge >= 0.3 is 0 Å². The number of nitrogens with zero attached hydrogens (tertiary/aromatic N) is 2. The van der Waals surface area contributed by atoms with Crippen molar-refractivity contribution in [3.63, 3.8) is 0 Å². The summed E-state index contributed by atoms with van der Waals surface area (Å²) in [6.07, 6.45) is 4.29. The van der Waals surface area contributed by atoms with Crippen LogP contribution in [0.1, 0.15) is 54.9 Å². The minimum atomic E-state index is -0.973. The van der Waals surface area contributed by atoms with Gasteiger partial charge in [0.15, 0.2) is 0 Å². The van der Waals surface area contributed by atoms with Crippen molar-refractivity contribution in [1.82, 2.24) is 14.8 Å². The van der Waals surface area contributed by atoms with Gasteiger partial charge in [-0.15, -0.1) is 11.3 Å². The molecule has 1 aromatic carbocycles. The molecule has 2 amide bonds. The van der Waals surface area contributed by atoms with E-state index in [0.717, 1.165) is 47.7 Å². The summed E-state index contributed by atoms with van der Waals surface area (Å²) in [5, 5.41) is 5.33. The molecule has 1 unspecified atom stereocenters. The molecule has 1 aliphatic carbocycles. The van der Waals surface area contributed by atoms with Crippen LogP contribution in [0.4, 0.5) is 0 Å². The Morgan fingerprint density at radius 3 is 2.45 bits per heavy atom. The molecule has 3 aromatic rings. The van der Waals surface area contributed by atoms with Crippen molar-refractivity contribution in [3.05, 3.63) is 70.5 Å². The third-order valence-corrected chi connectivity index (χ3v) is 8.17. The molecule has 0 saturated heterocycles. The number of hydrogen-bond acceptors (Lipinski definition) is 3. The molecule has 5 rings (SSSR count). The highest BCUT2D eigenvalue weighted by molar-refractivity contribution is 7.09. The van der Waals surface area contributed by atoms with Crippen LogP contribution in [0.5, 0.6) is 0 Å². The lowest BCUT2D eigenvalue weighted by Crippen LogP contribution is -2.64. The number of amides is 2. The molecule has 0 spiro atoms. The molecule has 2 aromatic heterocycles. The summed E-state index contributed by atoms with van der Waals surface area (Å²) < 4.78 is 2.03.